The van der Waals surface area contributed by atoms with Gasteiger partial charge < -0.3 is 5.32 Å². The van der Waals surface area contributed by atoms with Crippen LogP contribution in [0.1, 0.15) is 6.42 Å². The molecule has 3 aromatic rings. The van der Waals surface area contributed by atoms with Gasteiger partial charge in [0.2, 0.25) is 5.91 Å². The van der Waals surface area contributed by atoms with Crippen LogP contribution in [0.3, 0.4) is 0 Å². The van der Waals surface area contributed by atoms with Crippen LogP contribution in [0, 0.1) is 0 Å². The van der Waals surface area contributed by atoms with E-state index in [-0.39, 0.29) is 5.91 Å². The van der Waals surface area contributed by atoms with Crippen LogP contribution in [0.2, 0.25) is 15.1 Å². The summed E-state index contributed by atoms with van der Waals surface area (Å²) in [6.45, 7) is 0. The first-order valence-corrected chi connectivity index (χ1v) is 10.6. The van der Waals surface area contributed by atoms with Crippen LogP contribution in [0.25, 0.3) is 11.3 Å². The molecular formula is C18H13Cl3N2OS2. The van der Waals surface area contributed by atoms with E-state index < -0.39 is 0 Å². The highest BCUT2D eigenvalue weighted by Gasteiger charge is 2.11. The molecule has 1 aromatic heterocycles. The van der Waals surface area contributed by atoms with Crippen molar-refractivity contribution in [1.82, 2.24) is 4.98 Å². The molecule has 0 aliphatic rings. The van der Waals surface area contributed by atoms with Crippen molar-refractivity contribution in [2.24, 2.45) is 0 Å². The van der Waals surface area contributed by atoms with Crippen molar-refractivity contribution < 1.29 is 4.79 Å². The van der Waals surface area contributed by atoms with Crippen LogP contribution < -0.4 is 5.32 Å². The van der Waals surface area contributed by atoms with Crippen molar-refractivity contribution in [3.63, 3.8) is 0 Å². The lowest BCUT2D eigenvalue weighted by Crippen LogP contribution is -2.11. The van der Waals surface area contributed by atoms with Gasteiger partial charge in [-0.1, -0.05) is 34.8 Å². The number of rotatable bonds is 6. The molecule has 0 saturated carbocycles. The smallest absolute Gasteiger partial charge is 0.226 e. The Labute approximate surface area is 174 Å². The molecule has 26 heavy (non-hydrogen) atoms. The summed E-state index contributed by atoms with van der Waals surface area (Å²) in [5.41, 5.74) is 1.43. The SMILES string of the molecule is O=C(CCSc1ccc(Cl)cc1)Nc1nc(-c2cc(Cl)ccc2Cl)cs1. The van der Waals surface area contributed by atoms with Crippen molar-refractivity contribution in [3.8, 4) is 11.3 Å². The number of hydrogen-bond donors (Lipinski definition) is 1. The number of thiazole rings is 1. The molecule has 1 N–H and O–H groups in total. The number of amides is 1. The van der Waals surface area contributed by atoms with Gasteiger partial charge in [0.05, 0.1) is 10.7 Å². The van der Waals surface area contributed by atoms with Gasteiger partial charge in [-0.15, -0.1) is 23.1 Å². The first-order valence-electron chi connectivity index (χ1n) is 7.60. The molecule has 1 heterocycles. The Morgan fingerprint density at radius 3 is 2.58 bits per heavy atom. The third-order valence-corrected chi connectivity index (χ3v) is 5.95. The van der Waals surface area contributed by atoms with E-state index in [9.17, 15) is 4.79 Å². The largest absolute Gasteiger partial charge is 0.302 e. The van der Waals surface area contributed by atoms with E-state index in [1.165, 1.54) is 11.3 Å². The summed E-state index contributed by atoms with van der Waals surface area (Å²) in [5.74, 6) is 0.593. The first kappa shape index (κ1) is 19.5. The molecule has 3 rings (SSSR count). The number of carbonyl (C=O) groups excluding carboxylic acids is 1. The number of hydrogen-bond acceptors (Lipinski definition) is 4. The van der Waals surface area contributed by atoms with Crippen LogP contribution >= 0.6 is 57.9 Å². The quantitative estimate of drug-likeness (QED) is 0.422. The second-order valence-electron chi connectivity index (χ2n) is 5.26. The van der Waals surface area contributed by atoms with Crippen molar-refractivity contribution in [1.29, 1.82) is 0 Å². The number of halogens is 3. The summed E-state index contributed by atoms with van der Waals surface area (Å²) in [7, 11) is 0. The van der Waals surface area contributed by atoms with E-state index in [0.29, 0.717) is 38.1 Å². The van der Waals surface area contributed by atoms with E-state index in [1.807, 2.05) is 29.6 Å². The van der Waals surface area contributed by atoms with Crippen LogP contribution in [0.15, 0.2) is 52.7 Å². The van der Waals surface area contributed by atoms with E-state index >= 15 is 0 Å². The van der Waals surface area contributed by atoms with Gasteiger partial charge in [-0.3, -0.25) is 4.79 Å². The zero-order valence-corrected chi connectivity index (χ0v) is 17.2. The van der Waals surface area contributed by atoms with Gasteiger partial charge in [0, 0.05) is 38.1 Å². The first-order chi connectivity index (χ1) is 12.5. The minimum absolute atomic E-state index is 0.0791. The molecule has 2 aromatic carbocycles. The molecule has 3 nitrogen and oxygen atoms in total. The van der Waals surface area contributed by atoms with E-state index in [2.05, 4.69) is 10.3 Å². The molecular weight excluding hydrogens is 431 g/mol. The van der Waals surface area contributed by atoms with Gasteiger partial charge in [0.15, 0.2) is 5.13 Å². The third-order valence-electron chi connectivity index (χ3n) is 3.37. The standard InChI is InChI=1S/C18H13Cl3N2OS2/c19-11-1-4-13(5-2-11)25-8-7-17(24)23-18-22-16(10-26-18)14-9-12(20)3-6-15(14)21/h1-6,9-10H,7-8H2,(H,22,23,24). The Morgan fingerprint density at radius 2 is 1.81 bits per heavy atom. The second kappa shape index (κ2) is 9.11. The molecule has 0 unspecified atom stereocenters. The Bertz CT molecular complexity index is 913. The van der Waals surface area contributed by atoms with E-state index in [0.717, 1.165) is 10.5 Å². The molecule has 0 saturated heterocycles. The Hall–Kier alpha value is -1.24. The molecule has 0 spiro atoms. The number of aromatic nitrogens is 1. The number of thioether (sulfide) groups is 1. The average molecular weight is 444 g/mol. The predicted octanol–water partition coefficient (Wildman–Crippen LogP) is 6.89. The molecule has 0 fully saturated rings. The number of nitrogens with one attached hydrogen (secondary N) is 1. The fourth-order valence-corrected chi connectivity index (χ4v) is 4.21. The van der Waals surface area contributed by atoms with E-state index in [4.69, 9.17) is 34.8 Å². The molecule has 0 aliphatic carbocycles. The van der Waals surface area contributed by atoms with Crippen LogP contribution in [-0.2, 0) is 4.79 Å². The number of benzene rings is 2. The lowest BCUT2D eigenvalue weighted by Gasteiger charge is -2.03. The fraction of sp³-hybridized carbons (Fsp3) is 0.111. The van der Waals surface area contributed by atoms with Crippen molar-refractivity contribution in [2.75, 3.05) is 11.1 Å². The summed E-state index contributed by atoms with van der Waals surface area (Å²) in [5, 5.41) is 7.05. The maximum Gasteiger partial charge on any atom is 0.226 e. The van der Waals surface area contributed by atoms with Crippen molar-refractivity contribution in [3.05, 3.63) is 62.9 Å². The number of carbonyl (C=O) groups is 1. The Kier molecular flexibility index (Phi) is 6.84. The normalized spacial score (nSPS) is 10.7. The fourth-order valence-electron chi connectivity index (χ4n) is 2.12. The third kappa shape index (κ3) is 5.38. The van der Waals surface area contributed by atoms with Crippen molar-refractivity contribution in [2.45, 2.75) is 11.3 Å². The molecule has 0 atom stereocenters. The van der Waals surface area contributed by atoms with Gasteiger partial charge in [-0.05, 0) is 42.5 Å². The van der Waals surface area contributed by atoms with Crippen molar-refractivity contribution >= 4 is 68.9 Å². The maximum absolute atomic E-state index is 12.1. The highest BCUT2D eigenvalue weighted by atomic mass is 35.5. The molecule has 0 bridgehead atoms. The monoisotopic (exact) mass is 442 g/mol. The number of anilines is 1. The molecule has 1 amide bonds. The second-order valence-corrected chi connectivity index (χ2v) is 8.57. The maximum atomic E-state index is 12.1. The minimum atomic E-state index is -0.0791. The zero-order chi connectivity index (χ0) is 18.5. The minimum Gasteiger partial charge on any atom is -0.302 e. The van der Waals surface area contributed by atoms with Crippen LogP contribution in [0.4, 0.5) is 5.13 Å². The summed E-state index contributed by atoms with van der Waals surface area (Å²) in [6, 6.07) is 12.8. The lowest BCUT2D eigenvalue weighted by atomic mass is 10.2. The summed E-state index contributed by atoms with van der Waals surface area (Å²) in [6.07, 6.45) is 0.389. The molecule has 0 radical (unpaired) electrons. The van der Waals surface area contributed by atoms with Gasteiger partial charge in [0.25, 0.3) is 0 Å². The Balaban J connectivity index is 1.54. The Morgan fingerprint density at radius 1 is 1.08 bits per heavy atom. The average Bonchev–Trinajstić information content (AvgIpc) is 3.07. The summed E-state index contributed by atoms with van der Waals surface area (Å²) >= 11 is 21.0. The van der Waals surface area contributed by atoms with Gasteiger partial charge in [-0.25, -0.2) is 4.98 Å². The predicted molar refractivity (Wildman–Crippen MR) is 113 cm³/mol. The van der Waals surface area contributed by atoms with Crippen LogP contribution in [0.5, 0.6) is 0 Å². The van der Waals surface area contributed by atoms with Gasteiger partial charge >= 0.3 is 0 Å². The molecule has 8 heteroatoms. The highest BCUT2D eigenvalue weighted by molar-refractivity contribution is 7.99. The lowest BCUT2D eigenvalue weighted by molar-refractivity contribution is -0.115. The van der Waals surface area contributed by atoms with E-state index in [1.54, 1.807) is 30.0 Å². The highest BCUT2D eigenvalue weighted by Crippen LogP contribution is 2.32. The summed E-state index contributed by atoms with van der Waals surface area (Å²) < 4.78 is 0. The molecule has 0 aliphatic heterocycles. The van der Waals surface area contributed by atoms with Crippen LogP contribution in [-0.4, -0.2) is 16.6 Å². The topological polar surface area (TPSA) is 42.0 Å². The van der Waals surface area contributed by atoms with Gasteiger partial charge in [-0.2, -0.15) is 0 Å². The van der Waals surface area contributed by atoms with Gasteiger partial charge in [0.1, 0.15) is 0 Å². The molecule has 134 valence electrons. The summed E-state index contributed by atoms with van der Waals surface area (Å²) in [4.78, 5) is 17.6. The number of nitrogens with zero attached hydrogens (tertiary/aromatic N) is 1. The zero-order valence-electron chi connectivity index (χ0n) is 13.3.